The highest BCUT2D eigenvalue weighted by atomic mass is 16.3. The number of amides is 2. The van der Waals surface area contributed by atoms with E-state index in [1.165, 1.54) is 13.2 Å². The molecule has 3 aromatic rings. The molecule has 8 heteroatoms. The largest absolute Gasteiger partial charge is 0.472 e. The fourth-order valence-corrected chi connectivity index (χ4v) is 2.32. The van der Waals surface area contributed by atoms with Crippen LogP contribution < -0.4 is 16.4 Å². The van der Waals surface area contributed by atoms with Gasteiger partial charge in [-0.2, -0.15) is 0 Å². The zero-order valence-corrected chi connectivity index (χ0v) is 14.0. The maximum atomic E-state index is 12.3. The Morgan fingerprint density at radius 1 is 1.23 bits per heavy atom. The Labute approximate surface area is 149 Å². The van der Waals surface area contributed by atoms with Crippen LogP contribution in [0.4, 0.5) is 5.82 Å². The van der Waals surface area contributed by atoms with Crippen LogP contribution in [0, 0.1) is 0 Å². The fourth-order valence-electron chi connectivity index (χ4n) is 2.32. The number of carbonyl (C=O) groups excluding carboxylic acids is 2. The molecular formula is C18H17N5O3. The number of nitrogen functional groups attached to an aromatic ring is 1. The molecule has 132 valence electrons. The predicted octanol–water partition coefficient (Wildman–Crippen LogP) is 1.61. The van der Waals surface area contributed by atoms with Gasteiger partial charge in [-0.25, -0.2) is 9.97 Å². The van der Waals surface area contributed by atoms with Gasteiger partial charge in [0, 0.05) is 30.3 Å². The molecule has 0 spiro atoms. The summed E-state index contributed by atoms with van der Waals surface area (Å²) in [6, 6.07) is 8.67. The average molecular weight is 351 g/mol. The SMILES string of the molecule is CNC(=O)c1nc(-c2cccc(C(=O)NCc3ccoc3)c2)cnc1N. The first-order valence-corrected chi connectivity index (χ1v) is 7.83. The van der Waals surface area contributed by atoms with Crippen molar-refractivity contribution in [3.8, 4) is 11.3 Å². The van der Waals surface area contributed by atoms with Crippen molar-refractivity contribution >= 4 is 17.6 Å². The van der Waals surface area contributed by atoms with Crippen molar-refractivity contribution in [2.75, 3.05) is 12.8 Å². The molecule has 0 radical (unpaired) electrons. The lowest BCUT2D eigenvalue weighted by Crippen LogP contribution is -2.22. The van der Waals surface area contributed by atoms with Crippen LogP contribution >= 0.6 is 0 Å². The number of nitrogens with zero attached hydrogens (tertiary/aromatic N) is 2. The lowest BCUT2D eigenvalue weighted by Gasteiger charge is -2.08. The Bertz CT molecular complexity index is 938. The smallest absolute Gasteiger partial charge is 0.273 e. The van der Waals surface area contributed by atoms with Crippen LogP contribution in [0.1, 0.15) is 26.4 Å². The third kappa shape index (κ3) is 3.69. The molecule has 8 nitrogen and oxygen atoms in total. The van der Waals surface area contributed by atoms with E-state index in [1.54, 1.807) is 42.9 Å². The summed E-state index contributed by atoms with van der Waals surface area (Å²) >= 11 is 0. The van der Waals surface area contributed by atoms with Crippen LogP contribution in [0.3, 0.4) is 0 Å². The molecule has 0 aliphatic carbocycles. The first-order valence-electron chi connectivity index (χ1n) is 7.83. The highest BCUT2D eigenvalue weighted by molar-refractivity contribution is 5.97. The van der Waals surface area contributed by atoms with E-state index >= 15 is 0 Å². The second-order valence-electron chi connectivity index (χ2n) is 5.46. The number of hydrogen-bond acceptors (Lipinski definition) is 6. The summed E-state index contributed by atoms with van der Waals surface area (Å²) < 4.78 is 4.97. The number of rotatable bonds is 5. The van der Waals surface area contributed by atoms with Gasteiger partial charge < -0.3 is 20.8 Å². The van der Waals surface area contributed by atoms with Crippen molar-refractivity contribution in [1.29, 1.82) is 0 Å². The quantitative estimate of drug-likeness (QED) is 0.642. The monoisotopic (exact) mass is 351 g/mol. The van der Waals surface area contributed by atoms with Gasteiger partial charge in [-0.3, -0.25) is 9.59 Å². The number of benzene rings is 1. The third-order valence-electron chi connectivity index (χ3n) is 3.70. The zero-order valence-electron chi connectivity index (χ0n) is 14.0. The zero-order chi connectivity index (χ0) is 18.5. The van der Waals surface area contributed by atoms with Gasteiger partial charge in [0.05, 0.1) is 24.4 Å². The highest BCUT2D eigenvalue weighted by Crippen LogP contribution is 2.20. The highest BCUT2D eigenvalue weighted by Gasteiger charge is 2.14. The molecule has 3 rings (SSSR count). The minimum atomic E-state index is -0.425. The van der Waals surface area contributed by atoms with Crippen LogP contribution in [0.25, 0.3) is 11.3 Å². The van der Waals surface area contributed by atoms with Crippen molar-refractivity contribution in [3.63, 3.8) is 0 Å². The number of hydrogen-bond donors (Lipinski definition) is 3. The first-order chi connectivity index (χ1) is 12.6. The summed E-state index contributed by atoms with van der Waals surface area (Å²) in [7, 11) is 1.49. The van der Waals surface area contributed by atoms with Gasteiger partial charge in [0.15, 0.2) is 11.5 Å². The van der Waals surface area contributed by atoms with Crippen LogP contribution in [-0.2, 0) is 6.54 Å². The van der Waals surface area contributed by atoms with E-state index in [1.807, 2.05) is 0 Å². The summed E-state index contributed by atoms with van der Waals surface area (Å²) in [5.41, 5.74) is 8.17. The minimum Gasteiger partial charge on any atom is -0.472 e. The molecular weight excluding hydrogens is 334 g/mol. The Hall–Kier alpha value is -3.68. The molecule has 26 heavy (non-hydrogen) atoms. The number of aromatic nitrogens is 2. The summed E-state index contributed by atoms with van der Waals surface area (Å²) in [6.45, 7) is 0.363. The predicted molar refractivity (Wildman–Crippen MR) is 95.1 cm³/mol. The van der Waals surface area contributed by atoms with Crippen molar-refractivity contribution in [1.82, 2.24) is 20.6 Å². The van der Waals surface area contributed by atoms with Crippen LogP contribution in [0.5, 0.6) is 0 Å². The number of anilines is 1. The molecule has 4 N–H and O–H groups in total. The molecule has 0 saturated carbocycles. The maximum Gasteiger partial charge on any atom is 0.273 e. The van der Waals surface area contributed by atoms with E-state index in [-0.39, 0.29) is 17.4 Å². The van der Waals surface area contributed by atoms with Gasteiger partial charge in [0.2, 0.25) is 0 Å². The van der Waals surface area contributed by atoms with E-state index in [4.69, 9.17) is 10.2 Å². The summed E-state index contributed by atoms with van der Waals surface area (Å²) in [5, 5.41) is 5.28. The lowest BCUT2D eigenvalue weighted by atomic mass is 10.1. The molecule has 0 unspecified atom stereocenters. The normalized spacial score (nSPS) is 10.3. The van der Waals surface area contributed by atoms with Crippen LogP contribution in [-0.4, -0.2) is 28.8 Å². The molecule has 2 heterocycles. The molecule has 0 saturated heterocycles. The molecule has 0 aliphatic rings. The summed E-state index contributed by atoms with van der Waals surface area (Å²) in [6.07, 6.45) is 4.58. The van der Waals surface area contributed by atoms with Gasteiger partial charge >= 0.3 is 0 Å². The van der Waals surface area contributed by atoms with Gasteiger partial charge in [0.25, 0.3) is 11.8 Å². The lowest BCUT2D eigenvalue weighted by molar-refractivity contribution is 0.0945. The van der Waals surface area contributed by atoms with E-state index in [0.717, 1.165) is 5.56 Å². The topological polar surface area (TPSA) is 123 Å². The first kappa shape index (κ1) is 17.2. The van der Waals surface area contributed by atoms with Gasteiger partial charge in [-0.1, -0.05) is 12.1 Å². The molecule has 0 aliphatic heterocycles. The number of nitrogens with one attached hydrogen (secondary N) is 2. The van der Waals surface area contributed by atoms with Crippen molar-refractivity contribution in [3.05, 3.63) is 65.9 Å². The van der Waals surface area contributed by atoms with Gasteiger partial charge in [-0.15, -0.1) is 0 Å². The standard InChI is InChI=1S/C18H17N5O3/c1-20-18(25)15-16(19)21-9-14(23-15)12-3-2-4-13(7-12)17(24)22-8-11-5-6-26-10-11/h2-7,9-10H,8H2,1H3,(H2,19,21)(H,20,25)(H,22,24). The van der Waals surface area contributed by atoms with Crippen molar-refractivity contribution in [2.24, 2.45) is 0 Å². The van der Waals surface area contributed by atoms with E-state index < -0.39 is 5.91 Å². The Balaban J connectivity index is 1.83. The third-order valence-corrected chi connectivity index (χ3v) is 3.70. The average Bonchev–Trinajstić information content (AvgIpc) is 3.19. The van der Waals surface area contributed by atoms with E-state index in [2.05, 4.69) is 20.6 Å². The molecule has 0 fully saturated rings. The fraction of sp³-hybridized carbons (Fsp3) is 0.111. The molecule has 1 aromatic carbocycles. The van der Waals surface area contributed by atoms with Gasteiger partial charge in [0.1, 0.15) is 0 Å². The number of nitrogens with two attached hydrogens (primary N) is 1. The van der Waals surface area contributed by atoms with E-state index in [0.29, 0.717) is 23.4 Å². The van der Waals surface area contributed by atoms with Crippen LogP contribution in [0.15, 0.2) is 53.5 Å². The number of carbonyl (C=O) groups is 2. The maximum absolute atomic E-state index is 12.3. The van der Waals surface area contributed by atoms with Gasteiger partial charge in [-0.05, 0) is 18.2 Å². The van der Waals surface area contributed by atoms with Crippen LogP contribution in [0.2, 0.25) is 0 Å². The van der Waals surface area contributed by atoms with Crippen molar-refractivity contribution in [2.45, 2.75) is 6.54 Å². The summed E-state index contributed by atoms with van der Waals surface area (Å²) in [4.78, 5) is 32.4. The Morgan fingerprint density at radius 2 is 2.08 bits per heavy atom. The molecule has 2 aromatic heterocycles. The molecule has 0 atom stereocenters. The second-order valence-corrected chi connectivity index (χ2v) is 5.46. The Morgan fingerprint density at radius 3 is 2.81 bits per heavy atom. The minimum absolute atomic E-state index is 0.0415. The Kier molecular flexibility index (Phi) is 4.93. The number of furan rings is 1. The molecule has 0 bridgehead atoms. The second kappa shape index (κ2) is 7.47. The van der Waals surface area contributed by atoms with E-state index in [9.17, 15) is 9.59 Å². The summed E-state index contributed by atoms with van der Waals surface area (Å²) in [5.74, 6) is -0.615. The van der Waals surface area contributed by atoms with Crippen molar-refractivity contribution < 1.29 is 14.0 Å². The molecule has 2 amide bonds.